The Labute approximate surface area is 153 Å². The van der Waals surface area contributed by atoms with E-state index in [4.69, 9.17) is 4.74 Å². The zero-order valence-corrected chi connectivity index (χ0v) is 15.2. The van der Waals surface area contributed by atoms with Gasteiger partial charge in [0, 0.05) is 24.1 Å². The summed E-state index contributed by atoms with van der Waals surface area (Å²) in [5.41, 5.74) is 0.620. The average Bonchev–Trinajstić information content (AvgIpc) is 2.58. The van der Waals surface area contributed by atoms with Crippen LogP contribution in [-0.4, -0.2) is 24.1 Å². The van der Waals surface area contributed by atoms with Gasteiger partial charge in [-0.05, 0) is 54.8 Å². The first-order valence-electron chi connectivity index (χ1n) is 8.21. The zero-order chi connectivity index (χ0) is 17.9. The van der Waals surface area contributed by atoms with Crippen LogP contribution >= 0.6 is 15.9 Å². The Morgan fingerprint density at radius 1 is 0.960 bits per heavy atom. The number of ether oxygens (including phenoxy) is 1. The maximum Gasteiger partial charge on any atom is 0.416 e. The monoisotopic (exact) mass is 413 g/mol. The zero-order valence-electron chi connectivity index (χ0n) is 13.6. The van der Waals surface area contributed by atoms with Crippen LogP contribution in [0.2, 0.25) is 0 Å². The summed E-state index contributed by atoms with van der Waals surface area (Å²) < 4.78 is 44.6. The molecule has 1 saturated heterocycles. The fraction of sp³-hybridized carbons (Fsp3) is 0.368. The van der Waals surface area contributed by atoms with Gasteiger partial charge in [0.25, 0.3) is 0 Å². The van der Waals surface area contributed by atoms with Crippen LogP contribution in [-0.2, 0) is 12.7 Å². The lowest BCUT2D eigenvalue weighted by Crippen LogP contribution is -2.37. The Morgan fingerprint density at radius 3 is 2.12 bits per heavy atom. The number of likely N-dealkylation sites (tertiary alicyclic amines) is 1. The van der Waals surface area contributed by atoms with Crippen LogP contribution in [0.5, 0.6) is 5.75 Å². The van der Waals surface area contributed by atoms with Crippen molar-refractivity contribution >= 4 is 15.9 Å². The molecule has 0 radical (unpaired) electrons. The highest BCUT2D eigenvalue weighted by Crippen LogP contribution is 2.31. The summed E-state index contributed by atoms with van der Waals surface area (Å²) in [5, 5.41) is 0. The van der Waals surface area contributed by atoms with Crippen LogP contribution in [0.4, 0.5) is 13.2 Å². The van der Waals surface area contributed by atoms with Gasteiger partial charge in [0.2, 0.25) is 0 Å². The van der Waals surface area contributed by atoms with Crippen LogP contribution in [0, 0.1) is 0 Å². The molecule has 0 bridgehead atoms. The molecule has 0 saturated carbocycles. The predicted molar refractivity (Wildman–Crippen MR) is 94.5 cm³/mol. The minimum absolute atomic E-state index is 0.0536. The topological polar surface area (TPSA) is 12.5 Å². The second-order valence-corrected chi connectivity index (χ2v) is 7.16. The molecule has 134 valence electrons. The van der Waals surface area contributed by atoms with E-state index in [1.807, 2.05) is 12.1 Å². The second-order valence-electron chi connectivity index (χ2n) is 6.24. The first kappa shape index (κ1) is 18.3. The Kier molecular flexibility index (Phi) is 5.69. The molecule has 0 atom stereocenters. The van der Waals surface area contributed by atoms with E-state index < -0.39 is 11.7 Å². The van der Waals surface area contributed by atoms with Crippen molar-refractivity contribution in [1.29, 1.82) is 0 Å². The molecule has 2 nitrogen and oxygen atoms in total. The van der Waals surface area contributed by atoms with Crippen molar-refractivity contribution < 1.29 is 17.9 Å². The Hall–Kier alpha value is -1.53. The van der Waals surface area contributed by atoms with Gasteiger partial charge in [-0.1, -0.05) is 28.1 Å². The van der Waals surface area contributed by atoms with E-state index >= 15 is 0 Å². The summed E-state index contributed by atoms with van der Waals surface area (Å²) in [7, 11) is 0. The molecule has 0 N–H and O–H groups in total. The first-order valence-corrected chi connectivity index (χ1v) is 9.00. The number of hydrogen-bond acceptors (Lipinski definition) is 2. The largest absolute Gasteiger partial charge is 0.490 e. The predicted octanol–water partition coefficient (Wildman–Crippen LogP) is 5.51. The van der Waals surface area contributed by atoms with E-state index in [0.29, 0.717) is 5.75 Å². The molecule has 0 aromatic heterocycles. The highest BCUT2D eigenvalue weighted by Gasteiger charge is 2.30. The van der Waals surface area contributed by atoms with E-state index in [2.05, 4.69) is 33.0 Å². The van der Waals surface area contributed by atoms with Crippen molar-refractivity contribution in [3.63, 3.8) is 0 Å². The highest BCUT2D eigenvalue weighted by molar-refractivity contribution is 9.10. The number of hydrogen-bond donors (Lipinski definition) is 0. The fourth-order valence-corrected chi connectivity index (χ4v) is 3.21. The molecular formula is C19H19BrF3NO. The van der Waals surface area contributed by atoms with Gasteiger partial charge in [-0.25, -0.2) is 0 Å². The summed E-state index contributed by atoms with van der Waals surface area (Å²) in [6, 6.07) is 13.2. The fourth-order valence-electron chi connectivity index (χ4n) is 2.95. The smallest absolute Gasteiger partial charge is 0.416 e. The molecule has 1 fully saturated rings. The lowest BCUT2D eigenvalue weighted by atomic mass is 10.1. The molecule has 2 aromatic carbocycles. The van der Waals surface area contributed by atoms with E-state index in [-0.39, 0.29) is 6.10 Å². The lowest BCUT2D eigenvalue weighted by Gasteiger charge is -2.32. The molecule has 3 rings (SSSR count). The number of benzene rings is 2. The van der Waals surface area contributed by atoms with Crippen LogP contribution < -0.4 is 4.74 Å². The quantitative estimate of drug-likeness (QED) is 0.654. The number of alkyl halides is 3. The lowest BCUT2D eigenvalue weighted by molar-refractivity contribution is -0.137. The Morgan fingerprint density at radius 2 is 1.56 bits per heavy atom. The van der Waals surface area contributed by atoms with E-state index in [0.717, 1.165) is 49.1 Å². The van der Waals surface area contributed by atoms with Gasteiger partial charge < -0.3 is 4.74 Å². The standard InChI is InChI=1S/C19H19BrF3NO/c20-16-5-1-14(2-6-16)13-24-11-9-18(10-12-24)25-17-7-3-15(4-8-17)19(21,22)23/h1-8,18H,9-13H2. The molecule has 1 aliphatic heterocycles. The minimum Gasteiger partial charge on any atom is -0.490 e. The summed E-state index contributed by atoms with van der Waals surface area (Å²) in [5.74, 6) is 0.499. The van der Waals surface area contributed by atoms with Crippen LogP contribution in [0.25, 0.3) is 0 Å². The average molecular weight is 414 g/mol. The molecular weight excluding hydrogens is 395 g/mol. The molecule has 2 aromatic rings. The highest BCUT2D eigenvalue weighted by atomic mass is 79.9. The third kappa shape index (κ3) is 5.22. The van der Waals surface area contributed by atoms with Crippen molar-refractivity contribution in [2.75, 3.05) is 13.1 Å². The Bertz CT molecular complexity index is 677. The number of rotatable bonds is 4. The molecule has 25 heavy (non-hydrogen) atoms. The van der Waals surface area contributed by atoms with Gasteiger partial charge in [-0.3, -0.25) is 4.90 Å². The molecule has 0 aliphatic carbocycles. The number of piperidine rings is 1. The molecule has 1 aliphatic rings. The van der Waals surface area contributed by atoms with Crippen LogP contribution in [0.15, 0.2) is 53.0 Å². The molecule has 1 heterocycles. The normalized spacial score (nSPS) is 16.8. The molecule has 0 unspecified atom stereocenters. The third-order valence-electron chi connectivity index (χ3n) is 4.34. The van der Waals surface area contributed by atoms with E-state index in [9.17, 15) is 13.2 Å². The summed E-state index contributed by atoms with van der Waals surface area (Å²) in [6.07, 6.45) is -2.51. The van der Waals surface area contributed by atoms with Crippen molar-refractivity contribution in [1.82, 2.24) is 4.90 Å². The maximum atomic E-state index is 12.6. The van der Waals surface area contributed by atoms with Crippen molar-refractivity contribution in [3.05, 3.63) is 64.1 Å². The summed E-state index contributed by atoms with van der Waals surface area (Å²) in [6.45, 7) is 2.74. The van der Waals surface area contributed by atoms with Crippen LogP contribution in [0.1, 0.15) is 24.0 Å². The Balaban J connectivity index is 1.48. The van der Waals surface area contributed by atoms with Gasteiger partial charge in [0.15, 0.2) is 0 Å². The van der Waals surface area contributed by atoms with E-state index in [1.165, 1.54) is 17.7 Å². The van der Waals surface area contributed by atoms with E-state index in [1.54, 1.807) is 0 Å². The van der Waals surface area contributed by atoms with Gasteiger partial charge in [-0.15, -0.1) is 0 Å². The number of halogens is 4. The summed E-state index contributed by atoms with van der Waals surface area (Å²) >= 11 is 3.43. The van der Waals surface area contributed by atoms with Crippen molar-refractivity contribution in [2.45, 2.75) is 31.7 Å². The second kappa shape index (κ2) is 7.79. The maximum absolute atomic E-state index is 12.6. The van der Waals surface area contributed by atoms with Crippen molar-refractivity contribution in [2.24, 2.45) is 0 Å². The van der Waals surface area contributed by atoms with Crippen molar-refractivity contribution in [3.8, 4) is 5.75 Å². The number of nitrogens with zero attached hydrogens (tertiary/aromatic N) is 1. The molecule has 0 spiro atoms. The molecule has 0 amide bonds. The third-order valence-corrected chi connectivity index (χ3v) is 4.87. The molecule has 6 heteroatoms. The first-order chi connectivity index (χ1) is 11.9. The van der Waals surface area contributed by atoms with Gasteiger partial charge in [-0.2, -0.15) is 13.2 Å². The minimum atomic E-state index is -4.31. The summed E-state index contributed by atoms with van der Waals surface area (Å²) in [4.78, 5) is 2.37. The van der Waals surface area contributed by atoms with Crippen LogP contribution in [0.3, 0.4) is 0 Å². The van der Waals surface area contributed by atoms with Gasteiger partial charge >= 0.3 is 6.18 Å². The van der Waals surface area contributed by atoms with Gasteiger partial charge in [0.1, 0.15) is 11.9 Å². The van der Waals surface area contributed by atoms with Gasteiger partial charge in [0.05, 0.1) is 5.56 Å². The SMILES string of the molecule is FC(F)(F)c1ccc(OC2CCN(Cc3ccc(Br)cc3)CC2)cc1.